The quantitative estimate of drug-likeness (QED) is 0.257. The number of unbranched alkanes of at least 4 members (excludes halogenated alkanes) is 9. The van der Waals surface area contributed by atoms with Crippen LogP contribution in [-0.4, -0.2) is 48.0 Å². The Kier molecular flexibility index (Phi) is 9.82. The molecule has 1 aromatic carbocycles. The Morgan fingerprint density at radius 2 is 1.63 bits per heavy atom. The zero-order chi connectivity index (χ0) is 24.7. The van der Waals surface area contributed by atoms with Crippen molar-refractivity contribution in [3.63, 3.8) is 0 Å². The van der Waals surface area contributed by atoms with Crippen molar-refractivity contribution in [1.29, 1.82) is 0 Å². The maximum Gasteiger partial charge on any atom is 0.187 e. The highest BCUT2D eigenvalue weighted by molar-refractivity contribution is 7.22. The topological polar surface area (TPSA) is 61.8 Å². The Bertz CT molecular complexity index is 871. The zero-order valence-electron chi connectivity index (χ0n) is 22.0. The number of para-hydroxylation sites is 1. The molecule has 2 aromatic rings. The normalized spacial score (nSPS) is 26.3. The van der Waals surface area contributed by atoms with Gasteiger partial charge >= 0.3 is 0 Å². The second kappa shape index (κ2) is 12.8. The number of nitrogens with one attached hydrogen (secondary N) is 1. The van der Waals surface area contributed by atoms with Crippen LogP contribution in [0.3, 0.4) is 0 Å². The summed E-state index contributed by atoms with van der Waals surface area (Å²) in [6.45, 7) is 9.02. The van der Waals surface area contributed by atoms with Gasteiger partial charge in [-0.15, -0.1) is 0 Å². The van der Waals surface area contributed by atoms with Gasteiger partial charge < -0.3 is 24.3 Å². The minimum Gasteiger partial charge on any atom is -0.356 e. The molecule has 2 saturated heterocycles. The fourth-order valence-corrected chi connectivity index (χ4v) is 6.09. The van der Waals surface area contributed by atoms with Crippen LogP contribution in [0, 0.1) is 0 Å². The lowest BCUT2D eigenvalue weighted by atomic mass is 10.1. The van der Waals surface area contributed by atoms with Crippen molar-refractivity contribution < 1.29 is 18.9 Å². The van der Waals surface area contributed by atoms with E-state index in [2.05, 4.69) is 25.2 Å². The molecule has 35 heavy (non-hydrogen) atoms. The van der Waals surface area contributed by atoms with Crippen LogP contribution in [0.1, 0.15) is 91.9 Å². The first-order valence-corrected chi connectivity index (χ1v) is 14.5. The predicted octanol–water partition coefficient (Wildman–Crippen LogP) is 7.28. The molecule has 5 atom stereocenters. The molecule has 1 N–H and O–H groups in total. The predicted molar refractivity (Wildman–Crippen MR) is 143 cm³/mol. The van der Waals surface area contributed by atoms with Crippen LogP contribution in [-0.2, 0) is 18.9 Å². The second-order valence-electron chi connectivity index (χ2n) is 10.5. The Morgan fingerprint density at radius 3 is 2.34 bits per heavy atom. The first kappa shape index (κ1) is 26.8. The second-order valence-corrected chi connectivity index (χ2v) is 11.5. The molecule has 1 unspecified atom stereocenters. The van der Waals surface area contributed by atoms with Crippen LogP contribution in [0.25, 0.3) is 10.2 Å². The Morgan fingerprint density at radius 1 is 0.971 bits per heavy atom. The minimum atomic E-state index is -0.633. The van der Waals surface area contributed by atoms with Crippen molar-refractivity contribution in [3.05, 3.63) is 24.3 Å². The van der Waals surface area contributed by atoms with Gasteiger partial charge in [0.2, 0.25) is 0 Å². The SMILES string of the molecule is CCCCCCCCCCCCO[C@@H]1O[C@H](C(C)Nc2nc3ccccc3s2)[C@H]2OC(C)(C)O[C@@H]12. The van der Waals surface area contributed by atoms with Gasteiger partial charge in [0.25, 0.3) is 0 Å². The molecule has 1 aromatic heterocycles. The molecule has 3 heterocycles. The van der Waals surface area contributed by atoms with E-state index < -0.39 is 12.1 Å². The molecule has 0 aliphatic carbocycles. The smallest absolute Gasteiger partial charge is 0.187 e. The van der Waals surface area contributed by atoms with E-state index in [-0.39, 0.29) is 24.4 Å². The number of thiazole rings is 1. The number of anilines is 1. The standard InChI is InChI=1S/C28H44N2O4S/c1-5-6-7-8-9-10-11-12-13-16-19-31-26-25-24(33-28(3,4)34-25)23(32-26)20(2)29-27-30-21-17-14-15-18-22(21)35-27/h14-15,17-18,20,23-26H,5-13,16,19H2,1-4H3,(H,29,30)/t20?,23-,24-,25-,26-/m1/s1. The van der Waals surface area contributed by atoms with E-state index in [4.69, 9.17) is 23.9 Å². The van der Waals surface area contributed by atoms with Gasteiger partial charge in [-0.3, -0.25) is 0 Å². The minimum absolute atomic E-state index is 0.00601. The van der Waals surface area contributed by atoms with Crippen LogP contribution in [0.15, 0.2) is 24.3 Å². The molecule has 7 heteroatoms. The third-order valence-corrected chi connectivity index (χ3v) is 7.93. The number of nitrogens with zero attached hydrogens (tertiary/aromatic N) is 1. The van der Waals surface area contributed by atoms with Gasteiger partial charge in [0.15, 0.2) is 17.2 Å². The highest BCUT2D eigenvalue weighted by atomic mass is 32.1. The van der Waals surface area contributed by atoms with E-state index in [1.807, 2.05) is 32.0 Å². The van der Waals surface area contributed by atoms with Gasteiger partial charge in [0, 0.05) is 6.61 Å². The average Bonchev–Trinajstić information content (AvgIpc) is 3.47. The number of ether oxygens (including phenoxy) is 4. The molecule has 2 fully saturated rings. The van der Waals surface area contributed by atoms with Crippen molar-refractivity contribution in [2.24, 2.45) is 0 Å². The maximum absolute atomic E-state index is 6.36. The highest BCUT2D eigenvalue weighted by Crippen LogP contribution is 2.41. The van der Waals surface area contributed by atoms with Gasteiger partial charge in [0.05, 0.1) is 16.3 Å². The summed E-state index contributed by atoms with van der Waals surface area (Å²) in [6, 6.07) is 8.20. The highest BCUT2D eigenvalue weighted by Gasteiger charge is 2.57. The molecule has 0 radical (unpaired) electrons. The van der Waals surface area contributed by atoms with Gasteiger partial charge in [-0.1, -0.05) is 88.2 Å². The zero-order valence-corrected chi connectivity index (χ0v) is 22.8. The molecule has 0 amide bonds. The summed E-state index contributed by atoms with van der Waals surface area (Å²) in [7, 11) is 0. The fraction of sp³-hybridized carbons (Fsp3) is 0.750. The number of benzene rings is 1. The van der Waals surface area contributed by atoms with Crippen molar-refractivity contribution in [1.82, 2.24) is 4.98 Å². The van der Waals surface area contributed by atoms with Crippen molar-refractivity contribution in [2.45, 2.75) is 128 Å². The largest absolute Gasteiger partial charge is 0.356 e. The monoisotopic (exact) mass is 504 g/mol. The summed E-state index contributed by atoms with van der Waals surface area (Å²) < 4.78 is 26.2. The molecule has 4 rings (SSSR count). The third-order valence-electron chi connectivity index (χ3n) is 6.96. The van der Waals surface area contributed by atoms with Crippen LogP contribution in [0.5, 0.6) is 0 Å². The third kappa shape index (κ3) is 7.39. The first-order valence-electron chi connectivity index (χ1n) is 13.7. The van der Waals surface area contributed by atoms with Crippen LogP contribution in [0.2, 0.25) is 0 Å². The number of hydrogen-bond acceptors (Lipinski definition) is 7. The molecular weight excluding hydrogens is 460 g/mol. The lowest BCUT2D eigenvalue weighted by molar-refractivity contribution is -0.234. The molecule has 6 nitrogen and oxygen atoms in total. The summed E-state index contributed by atoms with van der Waals surface area (Å²) in [5.74, 6) is -0.633. The van der Waals surface area contributed by atoms with Gasteiger partial charge in [0.1, 0.15) is 18.3 Å². The molecule has 0 bridgehead atoms. The Labute approximate surface area is 215 Å². The Balaban J connectivity index is 1.21. The summed E-state index contributed by atoms with van der Waals surface area (Å²) in [4.78, 5) is 4.72. The van der Waals surface area contributed by atoms with Crippen LogP contribution >= 0.6 is 11.3 Å². The van der Waals surface area contributed by atoms with E-state index in [1.54, 1.807) is 11.3 Å². The first-order chi connectivity index (χ1) is 17.0. The fourth-order valence-electron chi connectivity index (χ4n) is 5.13. The molecule has 0 spiro atoms. The average molecular weight is 505 g/mol. The van der Waals surface area contributed by atoms with Crippen LogP contribution in [0.4, 0.5) is 5.13 Å². The summed E-state index contributed by atoms with van der Waals surface area (Å²) in [5.41, 5.74) is 1.01. The van der Waals surface area contributed by atoms with Crippen molar-refractivity contribution in [2.75, 3.05) is 11.9 Å². The van der Waals surface area contributed by atoms with E-state index in [1.165, 1.54) is 62.5 Å². The lowest BCUT2D eigenvalue weighted by Crippen LogP contribution is -2.41. The Hall–Kier alpha value is -1.25. The number of rotatable bonds is 15. The summed E-state index contributed by atoms with van der Waals surface area (Å²) in [5, 5.41) is 4.43. The van der Waals surface area contributed by atoms with E-state index in [9.17, 15) is 0 Å². The van der Waals surface area contributed by atoms with E-state index in [0.29, 0.717) is 6.61 Å². The van der Waals surface area contributed by atoms with Gasteiger partial charge in [-0.2, -0.15) is 0 Å². The molecule has 196 valence electrons. The van der Waals surface area contributed by atoms with E-state index >= 15 is 0 Å². The van der Waals surface area contributed by atoms with Crippen molar-refractivity contribution in [3.8, 4) is 0 Å². The van der Waals surface area contributed by atoms with Crippen molar-refractivity contribution >= 4 is 26.7 Å². The molecule has 2 aliphatic rings. The van der Waals surface area contributed by atoms with E-state index in [0.717, 1.165) is 17.1 Å². The maximum atomic E-state index is 6.36. The summed E-state index contributed by atoms with van der Waals surface area (Å²) >= 11 is 1.66. The number of aromatic nitrogens is 1. The number of fused-ring (bicyclic) bond motifs is 2. The van der Waals surface area contributed by atoms with Gasteiger partial charge in [-0.05, 0) is 39.3 Å². The molecule has 0 saturated carbocycles. The summed E-state index contributed by atoms with van der Waals surface area (Å²) in [6.07, 6.45) is 12.2. The molecule has 2 aliphatic heterocycles. The lowest BCUT2D eigenvalue weighted by Gasteiger charge is -2.27. The van der Waals surface area contributed by atoms with Crippen LogP contribution < -0.4 is 5.32 Å². The molecular formula is C28H44N2O4S. The number of hydrogen-bond donors (Lipinski definition) is 1. The van der Waals surface area contributed by atoms with Gasteiger partial charge in [-0.25, -0.2) is 4.98 Å².